The van der Waals surface area contributed by atoms with E-state index in [2.05, 4.69) is 4.98 Å². The highest BCUT2D eigenvalue weighted by Crippen LogP contribution is 2.24. The van der Waals surface area contributed by atoms with Crippen LogP contribution in [-0.4, -0.2) is 54.4 Å². The van der Waals surface area contributed by atoms with Crippen molar-refractivity contribution in [2.45, 2.75) is 33.4 Å². The Labute approximate surface area is 247 Å². The number of aryl methyl sites for hydroxylation is 2. The molecule has 0 unspecified atom stereocenters. The van der Waals surface area contributed by atoms with Crippen LogP contribution in [0.4, 0.5) is 0 Å². The van der Waals surface area contributed by atoms with Gasteiger partial charge in [0, 0.05) is 59.2 Å². The molecule has 0 saturated heterocycles. The van der Waals surface area contributed by atoms with Crippen molar-refractivity contribution in [3.05, 3.63) is 86.8 Å². The van der Waals surface area contributed by atoms with E-state index in [0.29, 0.717) is 37.2 Å². The fourth-order valence-corrected chi connectivity index (χ4v) is 4.56. The second-order valence-corrected chi connectivity index (χ2v) is 9.67. The second kappa shape index (κ2) is 13.9. The Bertz CT molecular complexity index is 1690. The van der Waals surface area contributed by atoms with Gasteiger partial charge in [-0.05, 0) is 24.1 Å². The van der Waals surface area contributed by atoms with Crippen molar-refractivity contribution in [1.82, 2.24) is 23.6 Å². The predicted molar refractivity (Wildman–Crippen MR) is 157 cm³/mol. The second-order valence-electron chi connectivity index (χ2n) is 9.67. The standard InChI is InChI=1S/C29H31N5O7.ClH/c1-19(35)40-23-13-22(14-24(15-23)41-20(2)36)25(37)17-33(16-21-9-6-5-7-10-21)11-8-12-34-18-30-27-26(34)28(38)32(4)29(39)31(27)3;/h5-7,9-10,13-15,18H,8,11-12,16-17H2,1-4H3;1H. The normalized spacial score (nSPS) is 10.9. The number of ether oxygens (including phenoxy) is 2. The number of ketones is 1. The number of benzene rings is 2. The molecule has 0 spiro atoms. The van der Waals surface area contributed by atoms with Crippen LogP contribution < -0.4 is 20.7 Å². The number of nitrogens with zero attached hydrogens (tertiary/aromatic N) is 5. The minimum atomic E-state index is -0.573. The molecule has 0 aliphatic carbocycles. The molecule has 4 rings (SSSR count). The van der Waals surface area contributed by atoms with Gasteiger partial charge in [0.2, 0.25) is 0 Å². The quantitative estimate of drug-likeness (QED) is 0.145. The molecule has 0 atom stereocenters. The number of rotatable bonds is 11. The fraction of sp³-hybridized carbons (Fsp3) is 0.310. The highest BCUT2D eigenvalue weighted by Gasteiger charge is 2.18. The number of hydrogen-bond acceptors (Lipinski definition) is 9. The zero-order valence-electron chi connectivity index (χ0n) is 23.7. The Morgan fingerprint density at radius 2 is 1.52 bits per heavy atom. The molecular weight excluding hydrogens is 566 g/mol. The summed E-state index contributed by atoms with van der Waals surface area (Å²) in [6.07, 6.45) is 2.11. The summed E-state index contributed by atoms with van der Waals surface area (Å²) in [6, 6.07) is 13.9. The summed E-state index contributed by atoms with van der Waals surface area (Å²) in [5, 5.41) is 0. The summed E-state index contributed by atoms with van der Waals surface area (Å²) in [6.45, 7) is 3.91. The largest absolute Gasteiger partial charge is 0.427 e. The van der Waals surface area contributed by atoms with Gasteiger partial charge in [-0.25, -0.2) is 9.78 Å². The number of fused-ring (bicyclic) bond motifs is 1. The van der Waals surface area contributed by atoms with E-state index < -0.39 is 23.2 Å². The van der Waals surface area contributed by atoms with Crippen molar-refractivity contribution in [3.8, 4) is 11.5 Å². The van der Waals surface area contributed by atoms with E-state index in [1.54, 1.807) is 11.6 Å². The number of aromatic nitrogens is 4. The maximum Gasteiger partial charge on any atom is 0.332 e. The molecule has 0 aliphatic heterocycles. The van der Waals surface area contributed by atoms with Crippen LogP contribution >= 0.6 is 12.4 Å². The van der Waals surface area contributed by atoms with Gasteiger partial charge in [-0.1, -0.05) is 30.3 Å². The van der Waals surface area contributed by atoms with Crippen LogP contribution in [0.1, 0.15) is 36.2 Å². The Hall–Kier alpha value is -4.55. The van der Waals surface area contributed by atoms with Gasteiger partial charge in [-0.2, -0.15) is 0 Å². The van der Waals surface area contributed by atoms with E-state index in [4.69, 9.17) is 9.47 Å². The molecule has 0 N–H and O–H groups in total. The summed E-state index contributed by atoms with van der Waals surface area (Å²) >= 11 is 0. The summed E-state index contributed by atoms with van der Waals surface area (Å²) in [7, 11) is 3.00. The van der Waals surface area contributed by atoms with E-state index in [-0.39, 0.29) is 41.8 Å². The molecule has 0 amide bonds. The first-order chi connectivity index (χ1) is 19.5. The van der Waals surface area contributed by atoms with Gasteiger partial charge in [-0.3, -0.25) is 33.2 Å². The van der Waals surface area contributed by atoms with Crippen molar-refractivity contribution in [3.63, 3.8) is 0 Å². The van der Waals surface area contributed by atoms with Gasteiger partial charge in [0.15, 0.2) is 16.9 Å². The Morgan fingerprint density at radius 3 is 2.12 bits per heavy atom. The van der Waals surface area contributed by atoms with Crippen LogP contribution in [0.2, 0.25) is 0 Å². The molecule has 42 heavy (non-hydrogen) atoms. The number of carbonyl (C=O) groups is 3. The monoisotopic (exact) mass is 597 g/mol. The lowest BCUT2D eigenvalue weighted by atomic mass is 10.1. The number of Topliss-reactive ketones (excluding diaryl/α,β-unsaturated/α-hetero) is 1. The van der Waals surface area contributed by atoms with Crippen LogP contribution in [0.3, 0.4) is 0 Å². The van der Waals surface area contributed by atoms with E-state index in [0.717, 1.165) is 10.1 Å². The highest BCUT2D eigenvalue weighted by atomic mass is 35.5. The van der Waals surface area contributed by atoms with Crippen LogP contribution in [0.5, 0.6) is 11.5 Å². The Morgan fingerprint density at radius 1 is 0.905 bits per heavy atom. The Balaban J connectivity index is 0.00000484. The van der Waals surface area contributed by atoms with Gasteiger partial charge >= 0.3 is 17.6 Å². The van der Waals surface area contributed by atoms with E-state index in [9.17, 15) is 24.0 Å². The molecule has 0 saturated carbocycles. The first-order valence-electron chi connectivity index (χ1n) is 13.0. The summed E-state index contributed by atoms with van der Waals surface area (Å²) < 4.78 is 14.4. The van der Waals surface area contributed by atoms with Gasteiger partial charge in [0.1, 0.15) is 11.5 Å². The minimum Gasteiger partial charge on any atom is -0.427 e. The predicted octanol–water partition coefficient (Wildman–Crippen LogP) is 2.48. The zero-order valence-corrected chi connectivity index (χ0v) is 24.6. The third kappa shape index (κ3) is 7.59. The summed E-state index contributed by atoms with van der Waals surface area (Å²) in [5.41, 5.74) is 1.00. The molecule has 2 aromatic heterocycles. The van der Waals surface area contributed by atoms with Crippen molar-refractivity contribution in [1.29, 1.82) is 0 Å². The van der Waals surface area contributed by atoms with Crippen LogP contribution in [0, 0.1) is 0 Å². The first kappa shape index (κ1) is 32.0. The molecule has 2 aromatic carbocycles. The number of halogens is 1. The third-order valence-corrected chi connectivity index (χ3v) is 6.43. The smallest absolute Gasteiger partial charge is 0.332 e. The van der Waals surface area contributed by atoms with E-state index >= 15 is 0 Å². The fourth-order valence-electron chi connectivity index (χ4n) is 4.56. The molecule has 0 aliphatic rings. The lowest BCUT2D eigenvalue weighted by molar-refractivity contribution is -0.132. The maximum atomic E-state index is 13.4. The van der Waals surface area contributed by atoms with Crippen LogP contribution in [0.25, 0.3) is 11.2 Å². The van der Waals surface area contributed by atoms with Crippen molar-refractivity contribution < 1.29 is 23.9 Å². The lowest BCUT2D eigenvalue weighted by Crippen LogP contribution is -2.37. The molecule has 2 heterocycles. The minimum absolute atomic E-state index is 0. The highest BCUT2D eigenvalue weighted by molar-refractivity contribution is 5.98. The molecule has 222 valence electrons. The first-order valence-corrected chi connectivity index (χ1v) is 13.0. The van der Waals surface area contributed by atoms with Crippen LogP contribution in [-0.2, 0) is 36.8 Å². The van der Waals surface area contributed by atoms with Gasteiger partial charge in [-0.15, -0.1) is 12.4 Å². The molecule has 0 radical (unpaired) electrons. The summed E-state index contributed by atoms with van der Waals surface area (Å²) in [4.78, 5) is 67.7. The van der Waals surface area contributed by atoms with Gasteiger partial charge in [0.05, 0.1) is 12.9 Å². The van der Waals surface area contributed by atoms with Crippen molar-refractivity contribution in [2.24, 2.45) is 14.1 Å². The number of carbonyl (C=O) groups excluding carboxylic acids is 3. The van der Waals surface area contributed by atoms with Crippen LogP contribution in [0.15, 0.2) is 64.4 Å². The van der Waals surface area contributed by atoms with E-state index in [1.165, 1.54) is 50.0 Å². The molecule has 0 fully saturated rings. The average molecular weight is 598 g/mol. The molecule has 4 aromatic rings. The lowest BCUT2D eigenvalue weighted by Gasteiger charge is -2.22. The molecule has 12 nitrogen and oxygen atoms in total. The summed E-state index contributed by atoms with van der Waals surface area (Å²) in [5.74, 6) is -1.22. The van der Waals surface area contributed by atoms with Gasteiger partial charge < -0.3 is 14.0 Å². The van der Waals surface area contributed by atoms with Crippen molar-refractivity contribution >= 4 is 41.3 Å². The number of hydrogen-bond donors (Lipinski definition) is 0. The topological polar surface area (TPSA) is 135 Å². The average Bonchev–Trinajstić information content (AvgIpc) is 3.34. The van der Waals surface area contributed by atoms with Gasteiger partial charge in [0.25, 0.3) is 5.56 Å². The maximum absolute atomic E-state index is 13.4. The van der Waals surface area contributed by atoms with E-state index in [1.807, 2.05) is 35.2 Å². The molecule has 13 heteroatoms. The SMILES string of the molecule is CC(=O)Oc1cc(OC(C)=O)cc(C(=O)CN(CCCn2cnc3c2c(=O)n(C)c(=O)n3C)Cc2ccccc2)c1.Cl. The third-order valence-electron chi connectivity index (χ3n) is 6.43. The Kier molecular flexibility index (Phi) is 10.6. The molecule has 0 bridgehead atoms. The van der Waals surface area contributed by atoms with Crippen molar-refractivity contribution in [2.75, 3.05) is 13.1 Å². The number of imidazole rings is 1. The number of esters is 2. The molecular formula is C29H32ClN5O7. The zero-order chi connectivity index (χ0) is 29.7.